The predicted octanol–water partition coefficient (Wildman–Crippen LogP) is 2.09. The number of benzene rings is 2. The number of nitrogens with one attached hydrogen (secondary N) is 1. The maximum atomic E-state index is 12.4. The second kappa shape index (κ2) is 7.45. The molecule has 0 saturated carbocycles. The van der Waals surface area contributed by atoms with Gasteiger partial charge in [0.15, 0.2) is 0 Å². The second-order valence-electron chi connectivity index (χ2n) is 5.31. The number of anilines is 1. The number of methoxy groups -OCH3 is 1. The van der Waals surface area contributed by atoms with Crippen LogP contribution in [0.25, 0.3) is 0 Å². The largest absolute Gasteiger partial charge is 0.467 e. The molecular formula is C18H20N2O3. The predicted molar refractivity (Wildman–Crippen MR) is 89.0 cm³/mol. The van der Waals surface area contributed by atoms with Crippen molar-refractivity contribution in [1.82, 2.24) is 5.32 Å². The number of carbonyl (C=O) groups is 2. The minimum atomic E-state index is -0.743. The lowest BCUT2D eigenvalue weighted by molar-refractivity contribution is -0.142. The van der Waals surface area contributed by atoms with E-state index in [4.69, 9.17) is 10.5 Å². The SMILES string of the molecule is COC(=O)C(Cc1ccccc1)NC(=O)c1ccc(N)c(C)c1. The van der Waals surface area contributed by atoms with Crippen LogP contribution in [0.3, 0.4) is 0 Å². The van der Waals surface area contributed by atoms with Crippen molar-refractivity contribution < 1.29 is 14.3 Å². The van der Waals surface area contributed by atoms with E-state index in [0.717, 1.165) is 11.1 Å². The molecule has 1 amide bonds. The summed E-state index contributed by atoms with van der Waals surface area (Å²) in [6.07, 6.45) is 0.368. The molecule has 23 heavy (non-hydrogen) atoms. The van der Waals surface area contributed by atoms with Crippen LogP contribution in [0.1, 0.15) is 21.5 Å². The van der Waals surface area contributed by atoms with Crippen LogP contribution in [0.4, 0.5) is 5.69 Å². The van der Waals surface area contributed by atoms with Crippen LogP contribution in [-0.2, 0) is 16.0 Å². The zero-order valence-corrected chi connectivity index (χ0v) is 13.2. The van der Waals surface area contributed by atoms with Crippen LogP contribution in [-0.4, -0.2) is 25.0 Å². The highest BCUT2D eigenvalue weighted by molar-refractivity contribution is 5.97. The molecule has 0 aromatic heterocycles. The van der Waals surface area contributed by atoms with E-state index in [9.17, 15) is 9.59 Å². The molecular weight excluding hydrogens is 292 g/mol. The third-order valence-electron chi connectivity index (χ3n) is 3.61. The maximum Gasteiger partial charge on any atom is 0.328 e. The summed E-state index contributed by atoms with van der Waals surface area (Å²) >= 11 is 0. The van der Waals surface area contributed by atoms with Gasteiger partial charge in [-0.25, -0.2) is 4.79 Å². The van der Waals surface area contributed by atoms with Crippen molar-refractivity contribution in [3.8, 4) is 0 Å². The summed E-state index contributed by atoms with van der Waals surface area (Å²) in [5.41, 5.74) is 8.59. The Hall–Kier alpha value is -2.82. The Labute approximate surface area is 135 Å². The molecule has 120 valence electrons. The van der Waals surface area contributed by atoms with E-state index in [1.54, 1.807) is 18.2 Å². The second-order valence-corrected chi connectivity index (χ2v) is 5.31. The fourth-order valence-electron chi connectivity index (χ4n) is 2.24. The first-order valence-corrected chi connectivity index (χ1v) is 7.30. The molecule has 0 aliphatic carbocycles. The lowest BCUT2D eigenvalue weighted by Gasteiger charge is -2.17. The van der Waals surface area contributed by atoms with Crippen LogP contribution < -0.4 is 11.1 Å². The van der Waals surface area contributed by atoms with Gasteiger partial charge in [-0.2, -0.15) is 0 Å². The topological polar surface area (TPSA) is 81.4 Å². The molecule has 0 bridgehead atoms. The third-order valence-corrected chi connectivity index (χ3v) is 3.61. The summed E-state index contributed by atoms with van der Waals surface area (Å²) in [4.78, 5) is 24.3. The van der Waals surface area contributed by atoms with Gasteiger partial charge in [-0.15, -0.1) is 0 Å². The standard InChI is InChI=1S/C18H20N2O3/c1-12-10-14(8-9-15(12)19)17(21)20-16(18(22)23-2)11-13-6-4-3-5-7-13/h3-10,16H,11,19H2,1-2H3,(H,20,21). The molecule has 1 unspecified atom stereocenters. The summed E-state index contributed by atoms with van der Waals surface area (Å²) in [5, 5.41) is 2.72. The van der Waals surface area contributed by atoms with Gasteiger partial charge in [0.05, 0.1) is 7.11 Å². The summed E-state index contributed by atoms with van der Waals surface area (Å²) in [6.45, 7) is 1.83. The molecule has 0 aliphatic heterocycles. The van der Waals surface area contributed by atoms with E-state index in [0.29, 0.717) is 17.7 Å². The van der Waals surface area contributed by atoms with Crippen molar-refractivity contribution in [3.63, 3.8) is 0 Å². The van der Waals surface area contributed by atoms with Gasteiger partial charge in [0.2, 0.25) is 0 Å². The Bertz CT molecular complexity index is 699. The highest BCUT2D eigenvalue weighted by atomic mass is 16.5. The van der Waals surface area contributed by atoms with Crippen molar-refractivity contribution in [2.75, 3.05) is 12.8 Å². The third kappa shape index (κ3) is 4.32. The molecule has 3 N–H and O–H groups in total. The maximum absolute atomic E-state index is 12.4. The van der Waals surface area contributed by atoms with E-state index in [1.807, 2.05) is 37.3 Å². The fraction of sp³-hybridized carbons (Fsp3) is 0.222. The zero-order valence-electron chi connectivity index (χ0n) is 13.2. The molecule has 0 spiro atoms. The Balaban J connectivity index is 2.15. The van der Waals surface area contributed by atoms with Crippen molar-refractivity contribution in [1.29, 1.82) is 0 Å². The number of aryl methyl sites for hydroxylation is 1. The van der Waals surface area contributed by atoms with Gasteiger partial charge in [0.25, 0.3) is 5.91 Å². The van der Waals surface area contributed by atoms with E-state index in [-0.39, 0.29) is 5.91 Å². The number of nitrogen functional groups attached to an aromatic ring is 1. The van der Waals surface area contributed by atoms with Crippen LogP contribution in [0.5, 0.6) is 0 Å². The van der Waals surface area contributed by atoms with Gasteiger partial charge >= 0.3 is 5.97 Å². The van der Waals surface area contributed by atoms with Crippen molar-refractivity contribution in [2.24, 2.45) is 0 Å². The van der Waals surface area contributed by atoms with Gasteiger partial charge < -0.3 is 15.8 Å². The summed E-state index contributed by atoms with van der Waals surface area (Å²) in [5.74, 6) is -0.811. The highest BCUT2D eigenvalue weighted by Crippen LogP contribution is 2.13. The summed E-state index contributed by atoms with van der Waals surface area (Å²) in [6, 6.07) is 13.7. The number of esters is 1. The summed E-state index contributed by atoms with van der Waals surface area (Å²) < 4.78 is 4.79. The van der Waals surface area contributed by atoms with Crippen LogP contribution >= 0.6 is 0 Å². The summed E-state index contributed by atoms with van der Waals surface area (Å²) in [7, 11) is 1.31. The first-order chi connectivity index (χ1) is 11.0. The highest BCUT2D eigenvalue weighted by Gasteiger charge is 2.22. The smallest absolute Gasteiger partial charge is 0.328 e. The Kier molecular flexibility index (Phi) is 5.36. The number of ether oxygens (including phenoxy) is 1. The molecule has 0 aliphatic rings. The average Bonchev–Trinajstić information content (AvgIpc) is 2.56. The molecule has 5 heteroatoms. The molecule has 0 fully saturated rings. The van der Waals surface area contributed by atoms with Crippen molar-refractivity contribution >= 4 is 17.6 Å². The van der Waals surface area contributed by atoms with Gasteiger partial charge in [0, 0.05) is 17.7 Å². The number of nitrogens with two attached hydrogens (primary N) is 1. The quantitative estimate of drug-likeness (QED) is 0.654. The number of hydrogen-bond donors (Lipinski definition) is 2. The van der Waals surface area contributed by atoms with Crippen LogP contribution in [0, 0.1) is 6.92 Å². The minimum absolute atomic E-state index is 0.334. The van der Waals surface area contributed by atoms with Crippen molar-refractivity contribution in [2.45, 2.75) is 19.4 Å². The Morgan fingerprint density at radius 1 is 1.17 bits per heavy atom. The van der Waals surface area contributed by atoms with Gasteiger partial charge in [0.1, 0.15) is 6.04 Å². The fourth-order valence-corrected chi connectivity index (χ4v) is 2.24. The van der Waals surface area contributed by atoms with E-state index in [1.165, 1.54) is 7.11 Å². The first-order valence-electron chi connectivity index (χ1n) is 7.30. The van der Waals surface area contributed by atoms with Crippen LogP contribution in [0.2, 0.25) is 0 Å². The van der Waals surface area contributed by atoms with Crippen LogP contribution in [0.15, 0.2) is 48.5 Å². The molecule has 0 radical (unpaired) electrons. The molecule has 0 heterocycles. The molecule has 5 nitrogen and oxygen atoms in total. The molecule has 2 rings (SSSR count). The number of rotatable bonds is 5. The van der Waals surface area contributed by atoms with Gasteiger partial charge in [-0.3, -0.25) is 4.79 Å². The Morgan fingerprint density at radius 3 is 2.48 bits per heavy atom. The molecule has 0 saturated heterocycles. The van der Waals surface area contributed by atoms with E-state index < -0.39 is 12.0 Å². The number of amides is 1. The lowest BCUT2D eigenvalue weighted by atomic mass is 10.0. The molecule has 2 aromatic carbocycles. The van der Waals surface area contributed by atoms with Crippen molar-refractivity contribution in [3.05, 3.63) is 65.2 Å². The number of hydrogen-bond acceptors (Lipinski definition) is 4. The lowest BCUT2D eigenvalue weighted by Crippen LogP contribution is -2.43. The number of carbonyl (C=O) groups excluding carboxylic acids is 2. The Morgan fingerprint density at radius 2 is 1.87 bits per heavy atom. The zero-order chi connectivity index (χ0) is 16.8. The van der Waals surface area contributed by atoms with Gasteiger partial charge in [-0.1, -0.05) is 30.3 Å². The van der Waals surface area contributed by atoms with E-state index in [2.05, 4.69) is 5.32 Å². The van der Waals surface area contributed by atoms with E-state index >= 15 is 0 Å². The first kappa shape index (κ1) is 16.5. The normalized spacial score (nSPS) is 11.6. The average molecular weight is 312 g/mol. The van der Waals surface area contributed by atoms with Gasteiger partial charge in [-0.05, 0) is 36.2 Å². The monoisotopic (exact) mass is 312 g/mol. The molecule has 1 atom stereocenters. The minimum Gasteiger partial charge on any atom is -0.467 e. The molecule has 2 aromatic rings.